The van der Waals surface area contributed by atoms with Crippen LogP contribution in [-0.2, 0) is 19.6 Å². The fourth-order valence-corrected chi connectivity index (χ4v) is 4.92. The van der Waals surface area contributed by atoms with Crippen LogP contribution in [0.3, 0.4) is 0 Å². The lowest BCUT2D eigenvalue weighted by atomic mass is 9.92. The minimum atomic E-state index is -3.57. The van der Waals surface area contributed by atoms with Gasteiger partial charge in [0.05, 0.1) is 19.1 Å². The van der Waals surface area contributed by atoms with Crippen molar-refractivity contribution in [2.75, 3.05) is 17.7 Å². The third-order valence-corrected chi connectivity index (χ3v) is 5.89. The number of benzene rings is 2. The smallest absolute Gasteiger partial charge is 0.316 e. The molecule has 25 heavy (non-hydrogen) atoms. The number of fused-ring (bicyclic) bond motifs is 3. The van der Waals surface area contributed by atoms with Gasteiger partial charge in [-0.25, -0.2) is 8.42 Å². The fraction of sp³-hybridized carbons (Fsp3) is 0.278. The Balaban J connectivity index is 1.84. The van der Waals surface area contributed by atoms with Crippen molar-refractivity contribution < 1.29 is 22.7 Å². The summed E-state index contributed by atoms with van der Waals surface area (Å²) in [6.45, 7) is 0. The number of hydrogen-bond acceptors (Lipinski definition) is 5. The first-order valence-electron chi connectivity index (χ1n) is 7.84. The number of hydrogen-bond donors (Lipinski definition) is 0. The lowest BCUT2D eigenvalue weighted by molar-refractivity contribution is -0.142. The molecule has 0 radical (unpaired) electrons. The van der Waals surface area contributed by atoms with Gasteiger partial charge in [0.2, 0.25) is 10.0 Å². The van der Waals surface area contributed by atoms with Crippen molar-refractivity contribution in [3.05, 3.63) is 59.7 Å². The summed E-state index contributed by atoms with van der Waals surface area (Å²) in [5, 5.41) is 0. The van der Waals surface area contributed by atoms with Gasteiger partial charge in [0.1, 0.15) is 23.8 Å². The molecule has 3 atom stereocenters. The minimum absolute atomic E-state index is 0.399. The molecule has 0 aromatic heterocycles. The van der Waals surface area contributed by atoms with E-state index in [9.17, 15) is 13.2 Å². The van der Waals surface area contributed by atoms with Crippen LogP contribution in [0.25, 0.3) is 0 Å². The Bertz CT molecular complexity index is 938. The summed E-state index contributed by atoms with van der Waals surface area (Å²) < 4.78 is 37.0. The number of sulfonamides is 1. The lowest BCUT2D eigenvalue weighted by Gasteiger charge is -2.28. The maximum Gasteiger partial charge on any atom is 0.316 e. The molecule has 0 amide bonds. The number of esters is 1. The summed E-state index contributed by atoms with van der Waals surface area (Å²) in [5.74, 6) is -0.332. The number of methoxy groups -OCH3 is 1. The molecule has 0 unspecified atom stereocenters. The zero-order chi connectivity index (χ0) is 17.8. The highest BCUT2D eigenvalue weighted by molar-refractivity contribution is 7.92. The van der Waals surface area contributed by atoms with Gasteiger partial charge >= 0.3 is 5.97 Å². The molecule has 2 aliphatic rings. The number of ether oxygens (including phenoxy) is 2. The highest BCUT2D eigenvalue weighted by Gasteiger charge is 2.57. The fourth-order valence-electron chi connectivity index (χ4n) is 3.72. The zero-order valence-corrected chi connectivity index (χ0v) is 14.6. The molecule has 2 aliphatic heterocycles. The Kier molecular flexibility index (Phi) is 3.50. The van der Waals surface area contributed by atoms with Crippen LogP contribution in [0.4, 0.5) is 5.69 Å². The quantitative estimate of drug-likeness (QED) is 0.786. The number of rotatable bonds is 3. The number of cyclic esters (lactones) is 1. The van der Waals surface area contributed by atoms with Crippen LogP contribution < -0.4 is 9.04 Å². The summed E-state index contributed by atoms with van der Waals surface area (Å²) in [6.07, 6.45) is 0.491. The molecule has 7 heteroatoms. The first-order chi connectivity index (χ1) is 11.9. The maximum absolute atomic E-state index is 12.5. The van der Waals surface area contributed by atoms with E-state index >= 15 is 0 Å². The van der Waals surface area contributed by atoms with Crippen molar-refractivity contribution >= 4 is 21.7 Å². The average molecular weight is 359 g/mol. The second-order valence-corrected chi connectivity index (χ2v) is 8.08. The van der Waals surface area contributed by atoms with Crippen LogP contribution in [0.1, 0.15) is 23.1 Å². The molecule has 0 saturated carbocycles. The molecule has 0 bridgehead atoms. The predicted molar refractivity (Wildman–Crippen MR) is 92.1 cm³/mol. The first kappa shape index (κ1) is 16.0. The third kappa shape index (κ3) is 2.38. The monoisotopic (exact) mass is 359 g/mol. The van der Waals surface area contributed by atoms with Crippen LogP contribution in [0.2, 0.25) is 0 Å². The minimum Gasteiger partial charge on any atom is -0.497 e. The Hall–Kier alpha value is -2.54. The number of carbonyl (C=O) groups is 1. The van der Waals surface area contributed by atoms with Gasteiger partial charge in [-0.05, 0) is 29.3 Å². The van der Waals surface area contributed by atoms with Crippen molar-refractivity contribution in [2.24, 2.45) is 0 Å². The summed E-state index contributed by atoms with van der Waals surface area (Å²) >= 11 is 0. The number of nitrogens with zero attached hydrogens (tertiary/aromatic N) is 1. The van der Waals surface area contributed by atoms with E-state index in [2.05, 4.69) is 0 Å². The molecule has 4 rings (SSSR count). The molecule has 2 heterocycles. The highest BCUT2D eigenvalue weighted by atomic mass is 32.2. The van der Waals surface area contributed by atoms with E-state index in [0.29, 0.717) is 17.0 Å². The van der Waals surface area contributed by atoms with Crippen LogP contribution >= 0.6 is 0 Å². The second-order valence-electron chi connectivity index (χ2n) is 6.22. The van der Waals surface area contributed by atoms with E-state index in [0.717, 1.165) is 11.8 Å². The van der Waals surface area contributed by atoms with E-state index < -0.39 is 34.1 Å². The van der Waals surface area contributed by atoms with Crippen molar-refractivity contribution in [1.82, 2.24) is 0 Å². The summed E-state index contributed by atoms with van der Waals surface area (Å²) in [4.78, 5) is 12.5. The van der Waals surface area contributed by atoms with Gasteiger partial charge in [-0.15, -0.1) is 0 Å². The Morgan fingerprint density at radius 3 is 2.40 bits per heavy atom. The normalized spacial score (nSPS) is 24.6. The van der Waals surface area contributed by atoms with Crippen molar-refractivity contribution in [3.8, 4) is 5.75 Å². The first-order valence-corrected chi connectivity index (χ1v) is 9.69. The molecular weight excluding hydrogens is 342 g/mol. The molecule has 0 aliphatic carbocycles. The molecule has 0 N–H and O–H groups in total. The Morgan fingerprint density at radius 2 is 1.76 bits per heavy atom. The van der Waals surface area contributed by atoms with Gasteiger partial charge in [-0.2, -0.15) is 0 Å². The largest absolute Gasteiger partial charge is 0.497 e. The summed E-state index contributed by atoms with van der Waals surface area (Å²) in [7, 11) is -2.00. The van der Waals surface area contributed by atoms with Crippen molar-refractivity contribution in [3.63, 3.8) is 0 Å². The van der Waals surface area contributed by atoms with E-state index in [4.69, 9.17) is 9.47 Å². The molecule has 2 aromatic carbocycles. The zero-order valence-electron chi connectivity index (χ0n) is 13.7. The highest BCUT2D eigenvalue weighted by Crippen LogP contribution is 2.52. The lowest BCUT2D eigenvalue weighted by Crippen LogP contribution is -2.40. The van der Waals surface area contributed by atoms with Gasteiger partial charge in [-0.3, -0.25) is 9.10 Å². The topological polar surface area (TPSA) is 72.9 Å². The number of anilines is 1. The van der Waals surface area contributed by atoms with Crippen molar-refractivity contribution in [1.29, 1.82) is 0 Å². The molecule has 0 spiro atoms. The third-order valence-electron chi connectivity index (χ3n) is 4.73. The van der Waals surface area contributed by atoms with Crippen LogP contribution in [0.5, 0.6) is 5.75 Å². The standard InChI is InChI=1S/C18H17NO5S/c1-23-12-9-7-11(8-10-12)17-16-15(18(20)24-17)13-5-3-4-6-14(13)19(16)25(2,21)22/h3-10,15-17H,1-2H3/t15-,16+,17-/m1/s1. The van der Waals surface area contributed by atoms with Gasteiger partial charge in [0.15, 0.2) is 0 Å². The van der Waals surface area contributed by atoms with Crippen LogP contribution in [-0.4, -0.2) is 33.8 Å². The summed E-state index contributed by atoms with van der Waals surface area (Å²) in [6, 6.07) is 13.6. The van der Waals surface area contributed by atoms with E-state index in [1.54, 1.807) is 55.6 Å². The van der Waals surface area contributed by atoms with Gasteiger partial charge < -0.3 is 9.47 Å². The average Bonchev–Trinajstić information content (AvgIpc) is 3.10. The molecular formula is C18H17NO5S. The SMILES string of the molecule is COc1ccc([C@H]2OC(=O)[C@@H]3c4ccccc4N(S(C)(=O)=O)[C@H]23)cc1. The van der Waals surface area contributed by atoms with Crippen molar-refractivity contribution in [2.45, 2.75) is 18.1 Å². The molecule has 130 valence electrons. The molecule has 1 saturated heterocycles. The van der Waals surface area contributed by atoms with Crippen LogP contribution in [0.15, 0.2) is 48.5 Å². The number of carbonyl (C=O) groups excluding carboxylic acids is 1. The van der Waals surface area contributed by atoms with Gasteiger partial charge in [0, 0.05) is 0 Å². The Morgan fingerprint density at radius 1 is 1.08 bits per heavy atom. The van der Waals surface area contributed by atoms with E-state index in [1.165, 1.54) is 4.31 Å². The van der Waals surface area contributed by atoms with Crippen LogP contribution in [0, 0.1) is 0 Å². The van der Waals surface area contributed by atoms with Gasteiger partial charge in [0.25, 0.3) is 0 Å². The molecule has 2 aromatic rings. The van der Waals surface area contributed by atoms with E-state index in [-0.39, 0.29) is 0 Å². The molecule has 6 nitrogen and oxygen atoms in total. The maximum atomic E-state index is 12.5. The molecule has 1 fully saturated rings. The number of para-hydroxylation sites is 1. The summed E-state index contributed by atoms with van der Waals surface area (Å²) in [5.41, 5.74) is 1.98. The Labute approximate surface area is 146 Å². The van der Waals surface area contributed by atoms with E-state index in [1.807, 2.05) is 0 Å². The second kappa shape index (κ2) is 5.49. The predicted octanol–water partition coefficient (Wildman–Crippen LogP) is 2.23. The van der Waals surface area contributed by atoms with Gasteiger partial charge in [-0.1, -0.05) is 30.3 Å².